The van der Waals surface area contributed by atoms with Gasteiger partial charge in [0.15, 0.2) is 11.5 Å². The van der Waals surface area contributed by atoms with Gasteiger partial charge in [-0.3, -0.25) is 9.69 Å². The second-order valence-electron chi connectivity index (χ2n) is 8.68. The average molecular weight is 499 g/mol. The van der Waals surface area contributed by atoms with Crippen molar-refractivity contribution in [2.45, 2.75) is 38.8 Å². The van der Waals surface area contributed by atoms with E-state index in [1.54, 1.807) is 26.4 Å². The molecule has 1 saturated heterocycles. The van der Waals surface area contributed by atoms with Crippen LogP contribution in [-0.2, 0) is 11.3 Å². The van der Waals surface area contributed by atoms with Gasteiger partial charge in [0.2, 0.25) is 17.6 Å². The molecule has 0 aliphatic carbocycles. The van der Waals surface area contributed by atoms with Gasteiger partial charge in [0.25, 0.3) is 0 Å². The van der Waals surface area contributed by atoms with E-state index < -0.39 is 0 Å². The molecule has 1 aliphatic heterocycles. The van der Waals surface area contributed by atoms with Crippen LogP contribution >= 0.6 is 11.6 Å². The summed E-state index contributed by atoms with van der Waals surface area (Å²) in [4.78, 5) is 19.9. The average Bonchev–Trinajstić information content (AvgIpc) is 3.35. The number of nitrogens with zero attached hydrogens (tertiary/aromatic N) is 3. The first-order valence-electron chi connectivity index (χ1n) is 11.8. The van der Waals surface area contributed by atoms with Crippen molar-refractivity contribution in [2.75, 3.05) is 27.3 Å². The Kier molecular flexibility index (Phi) is 8.25. The highest BCUT2D eigenvalue weighted by atomic mass is 35.5. The maximum Gasteiger partial charge on any atom is 0.241 e. The van der Waals surface area contributed by atoms with Gasteiger partial charge in [0, 0.05) is 17.1 Å². The van der Waals surface area contributed by atoms with Gasteiger partial charge in [0.1, 0.15) is 0 Å². The van der Waals surface area contributed by atoms with E-state index in [1.807, 2.05) is 30.3 Å². The summed E-state index contributed by atoms with van der Waals surface area (Å²) in [6, 6.07) is 13.0. The number of rotatable bonds is 9. The number of ether oxygens (including phenoxy) is 2. The SMILES string of the molecule is CCC(NC(=O)C1CCCN(Cc2nc(-c3ccc(Cl)cc3)no2)C1)c1ccc(OC)c(OC)c1. The maximum absolute atomic E-state index is 13.2. The fourth-order valence-electron chi connectivity index (χ4n) is 4.42. The molecule has 1 N–H and O–H groups in total. The zero-order valence-electron chi connectivity index (χ0n) is 20.3. The van der Waals surface area contributed by atoms with Crippen LogP contribution < -0.4 is 14.8 Å². The molecule has 186 valence electrons. The first kappa shape index (κ1) is 25.0. The summed E-state index contributed by atoms with van der Waals surface area (Å²) >= 11 is 5.96. The number of aromatic nitrogens is 2. The molecule has 9 heteroatoms. The van der Waals surface area contributed by atoms with Crippen LogP contribution in [0.25, 0.3) is 11.4 Å². The number of carbonyl (C=O) groups is 1. The number of likely N-dealkylation sites (tertiary alicyclic amines) is 1. The number of hydrogen-bond acceptors (Lipinski definition) is 7. The van der Waals surface area contributed by atoms with Crippen molar-refractivity contribution in [2.24, 2.45) is 5.92 Å². The Morgan fingerprint density at radius 2 is 1.97 bits per heavy atom. The molecule has 2 unspecified atom stereocenters. The van der Waals surface area contributed by atoms with E-state index in [-0.39, 0.29) is 17.9 Å². The molecule has 3 aromatic rings. The maximum atomic E-state index is 13.2. The lowest BCUT2D eigenvalue weighted by molar-refractivity contribution is -0.127. The van der Waals surface area contributed by atoms with Crippen LogP contribution in [0.4, 0.5) is 0 Å². The van der Waals surface area contributed by atoms with Crippen molar-refractivity contribution in [1.29, 1.82) is 0 Å². The predicted octanol–water partition coefficient (Wildman–Crippen LogP) is 4.89. The van der Waals surface area contributed by atoms with Gasteiger partial charge in [0.05, 0.1) is 32.7 Å². The molecular weight excluding hydrogens is 468 g/mol. The van der Waals surface area contributed by atoms with Crippen LogP contribution in [0.3, 0.4) is 0 Å². The van der Waals surface area contributed by atoms with Crippen LogP contribution in [0.2, 0.25) is 5.02 Å². The number of halogens is 1. The van der Waals surface area contributed by atoms with E-state index >= 15 is 0 Å². The minimum Gasteiger partial charge on any atom is -0.493 e. The normalized spacial score (nSPS) is 17.1. The highest BCUT2D eigenvalue weighted by Crippen LogP contribution is 2.31. The highest BCUT2D eigenvalue weighted by Gasteiger charge is 2.28. The zero-order valence-corrected chi connectivity index (χ0v) is 21.0. The molecule has 4 rings (SSSR count). The van der Waals surface area contributed by atoms with Crippen LogP contribution in [0.1, 0.15) is 43.7 Å². The number of hydrogen-bond donors (Lipinski definition) is 1. The summed E-state index contributed by atoms with van der Waals surface area (Å²) in [7, 11) is 3.22. The number of piperidine rings is 1. The van der Waals surface area contributed by atoms with Gasteiger partial charge in [-0.05, 0) is 67.8 Å². The Labute approximate surface area is 210 Å². The van der Waals surface area contributed by atoms with Crippen molar-refractivity contribution in [3.63, 3.8) is 0 Å². The Bertz CT molecular complexity index is 1130. The van der Waals surface area contributed by atoms with E-state index in [0.29, 0.717) is 41.3 Å². The lowest BCUT2D eigenvalue weighted by atomic mass is 9.95. The Balaban J connectivity index is 1.37. The minimum absolute atomic E-state index is 0.0590. The van der Waals surface area contributed by atoms with Gasteiger partial charge >= 0.3 is 0 Å². The molecule has 1 amide bonds. The van der Waals surface area contributed by atoms with Crippen LogP contribution in [0, 0.1) is 5.92 Å². The molecule has 2 atom stereocenters. The summed E-state index contributed by atoms with van der Waals surface area (Å²) in [5.41, 5.74) is 1.84. The molecule has 2 heterocycles. The monoisotopic (exact) mass is 498 g/mol. The van der Waals surface area contributed by atoms with E-state index in [0.717, 1.165) is 36.9 Å². The topological polar surface area (TPSA) is 89.7 Å². The van der Waals surface area contributed by atoms with Crippen molar-refractivity contribution >= 4 is 17.5 Å². The number of nitrogens with one attached hydrogen (secondary N) is 1. The number of amides is 1. The van der Waals surface area contributed by atoms with Crippen molar-refractivity contribution in [3.05, 3.63) is 58.9 Å². The second-order valence-corrected chi connectivity index (χ2v) is 9.11. The lowest BCUT2D eigenvalue weighted by Gasteiger charge is -2.32. The molecule has 0 radical (unpaired) electrons. The first-order valence-corrected chi connectivity index (χ1v) is 12.2. The fraction of sp³-hybridized carbons (Fsp3) is 0.423. The minimum atomic E-state index is -0.101. The molecule has 2 aromatic carbocycles. The summed E-state index contributed by atoms with van der Waals surface area (Å²) in [5.74, 6) is 2.34. The van der Waals surface area contributed by atoms with E-state index in [1.165, 1.54) is 0 Å². The summed E-state index contributed by atoms with van der Waals surface area (Å²) in [6.45, 7) is 4.10. The smallest absolute Gasteiger partial charge is 0.241 e. The Morgan fingerprint density at radius 3 is 2.69 bits per heavy atom. The van der Waals surface area contributed by atoms with Gasteiger partial charge in [-0.1, -0.05) is 29.7 Å². The summed E-state index contributed by atoms with van der Waals surface area (Å²) in [5, 5.41) is 7.98. The van der Waals surface area contributed by atoms with Crippen LogP contribution in [0.5, 0.6) is 11.5 Å². The predicted molar refractivity (Wildman–Crippen MR) is 133 cm³/mol. The third-order valence-electron chi connectivity index (χ3n) is 6.34. The molecule has 0 bridgehead atoms. The largest absolute Gasteiger partial charge is 0.493 e. The molecule has 1 aromatic heterocycles. The van der Waals surface area contributed by atoms with Crippen molar-refractivity contribution in [3.8, 4) is 22.9 Å². The van der Waals surface area contributed by atoms with Crippen molar-refractivity contribution in [1.82, 2.24) is 20.4 Å². The molecule has 0 saturated carbocycles. The summed E-state index contributed by atoms with van der Waals surface area (Å²) in [6.07, 6.45) is 2.56. The van der Waals surface area contributed by atoms with Crippen molar-refractivity contribution < 1.29 is 18.8 Å². The standard InChI is InChI=1S/C26H31ClN4O4/c1-4-21(18-9-12-22(33-2)23(14-18)34-3)28-26(32)19-6-5-13-31(15-19)16-24-29-25(30-35-24)17-7-10-20(27)11-8-17/h7-12,14,19,21H,4-6,13,15-16H2,1-3H3,(H,28,32). The van der Waals surface area contributed by atoms with E-state index in [2.05, 4.69) is 27.3 Å². The number of carbonyl (C=O) groups excluding carboxylic acids is 1. The number of benzene rings is 2. The molecule has 8 nitrogen and oxygen atoms in total. The van der Waals surface area contributed by atoms with E-state index in [4.69, 9.17) is 25.6 Å². The van der Waals surface area contributed by atoms with Gasteiger partial charge in [-0.2, -0.15) is 4.98 Å². The second kappa shape index (κ2) is 11.6. The molecular formula is C26H31ClN4O4. The van der Waals surface area contributed by atoms with E-state index in [9.17, 15) is 4.79 Å². The quantitative estimate of drug-likeness (QED) is 0.449. The van der Waals surface area contributed by atoms with Gasteiger partial charge < -0.3 is 19.3 Å². The Hall–Kier alpha value is -3.10. The van der Waals surface area contributed by atoms with Crippen LogP contribution in [0.15, 0.2) is 47.0 Å². The van der Waals surface area contributed by atoms with Crippen LogP contribution in [-0.4, -0.2) is 48.3 Å². The molecule has 0 spiro atoms. The van der Waals surface area contributed by atoms with Gasteiger partial charge in [-0.25, -0.2) is 0 Å². The highest BCUT2D eigenvalue weighted by molar-refractivity contribution is 6.30. The third-order valence-corrected chi connectivity index (χ3v) is 6.59. The Morgan fingerprint density at radius 1 is 1.20 bits per heavy atom. The lowest BCUT2D eigenvalue weighted by Crippen LogP contribution is -2.43. The van der Waals surface area contributed by atoms with Gasteiger partial charge in [-0.15, -0.1) is 0 Å². The zero-order chi connectivity index (χ0) is 24.8. The first-order chi connectivity index (χ1) is 17.0. The molecule has 1 aliphatic rings. The summed E-state index contributed by atoms with van der Waals surface area (Å²) < 4.78 is 16.2. The molecule has 1 fully saturated rings. The molecule has 35 heavy (non-hydrogen) atoms. The fourth-order valence-corrected chi connectivity index (χ4v) is 4.55. The number of methoxy groups -OCH3 is 2. The third kappa shape index (κ3) is 6.13.